The van der Waals surface area contributed by atoms with E-state index in [1.165, 1.54) is 0 Å². The van der Waals surface area contributed by atoms with Crippen LogP contribution >= 0.6 is 27.5 Å². The summed E-state index contributed by atoms with van der Waals surface area (Å²) in [6.45, 7) is 3.17. The molecule has 0 saturated heterocycles. The van der Waals surface area contributed by atoms with Crippen LogP contribution in [0, 0.1) is 0 Å². The van der Waals surface area contributed by atoms with Crippen LogP contribution in [0.15, 0.2) is 46.9 Å². The second-order valence-electron chi connectivity index (χ2n) is 4.32. The van der Waals surface area contributed by atoms with E-state index in [-0.39, 0.29) is 0 Å². The van der Waals surface area contributed by atoms with Gasteiger partial charge in [-0.1, -0.05) is 52.7 Å². The van der Waals surface area contributed by atoms with Crippen molar-refractivity contribution in [1.82, 2.24) is 0 Å². The minimum absolute atomic E-state index is 0.415. The quantitative estimate of drug-likeness (QED) is 0.684. The van der Waals surface area contributed by atoms with Gasteiger partial charge in [0.1, 0.15) is 6.61 Å². The number of ether oxygens (including phenoxy) is 2. The average molecular weight is 356 g/mol. The van der Waals surface area contributed by atoms with Gasteiger partial charge in [0.05, 0.1) is 6.61 Å². The van der Waals surface area contributed by atoms with Crippen LogP contribution in [0.5, 0.6) is 11.5 Å². The van der Waals surface area contributed by atoms with Crippen molar-refractivity contribution < 1.29 is 9.47 Å². The molecule has 0 saturated carbocycles. The Balaban J connectivity index is 2.06. The Hall–Kier alpha value is -1.19. The fraction of sp³-hybridized carbons (Fsp3) is 0.250. The molecule has 0 bridgehead atoms. The number of hydrogen-bond acceptors (Lipinski definition) is 2. The van der Waals surface area contributed by atoms with Gasteiger partial charge >= 0.3 is 0 Å². The molecule has 2 aromatic carbocycles. The predicted octanol–water partition coefficient (Wildman–Crippen LogP) is 5.47. The SMILES string of the molecule is CCCOc1ccccc1OCc1ccc(Br)cc1Cl. The lowest BCUT2D eigenvalue weighted by Gasteiger charge is -2.13. The van der Waals surface area contributed by atoms with Crippen molar-refractivity contribution in [1.29, 1.82) is 0 Å². The van der Waals surface area contributed by atoms with Gasteiger partial charge in [0.15, 0.2) is 11.5 Å². The van der Waals surface area contributed by atoms with E-state index in [1.807, 2.05) is 42.5 Å². The van der Waals surface area contributed by atoms with Crippen LogP contribution in [0.3, 0.4) is 0 Å². The van der Waals surface area contributed by atoms with Gasteiger partial charge < -0.3 is 9.47 Å². The van der Waals surface area contributed by atoms with Crippen LogP contribution in [0.2, 0.25) is 5.02 Å². The van der Waals surface area contributed by atoms with Gasteiger partial charge in [0.25, 0.3) is 0 Å². The molecule has 2 nitrogen and oxygen atoms in total. The van der Waals surface area contributed by atoms with Crippen molar-refractivity contribution in [2.45, 2.75) is 20.0 Å². The van der Waals surface area contributed by atoms with E-state index >= 15 is 0 Å². The Morgan fingerprint density at radius 3 is 2.40 bits per heavy atom. The van der Waals surface area contributed by atoms with Crippen molar-refractivity contribution in [3.63, 3.8) is 0 Å². The number of halogens is 2. The minimum atomic E-state index is 0.415. The summed E-state index contributed by atoms with van der Waals surface area (Å²) in [5.41, 5.74) is 0.945. The highest BCUT2D eigenvalue weighted by molar-refractivity contribution is 9.10. The summed E-state index contributed by atoms with van der Waals surface area (Å²) >= 11 is 9.56. The normalized spacial score (nSPS) is 10.3. The van der Waals surface area contributed by atoms with Crippen LogP contribution in [0.25, 0.3) is 0 Å². The molecule has 0 spiro atoms. The number of para-hydroxylation sites is 2. The highest BCUT2D eigenvalue weighted by Crippen LogP contribution is 2.29. The standard InChI is InChI=1S/C16H16BrClO2/c1-2-9-19-15-5-3-4-6-16(15)20-11-12-7-8-13(17)10-14(12)18/h3-8,10H,2,9,11H2,1H3. The first-order valence-corrected chi connectivity index (χ1v) is 7.66. The van der Waals surface area contributed by atoms with Crippen molar-refractivity contribution in [3.05, 3.63) is 57.5 Å². The fourth-order valence-corrected chi connectivity index (χ4v) is 2.42. The van der Waals surface area contributed by atoms with Crippen molar-refractivity contribution in [2.24, 2.45) is 0 Å². The Labute approximate surface area is 132 Å². The molecule has 20 heavy (non-hydrogen) atoms. The van der Waals surface area contributed by atoms with Gasteiger partial charge in [0.2, 0.25) is 0 Å². The van der Waals surface area contributed by atoms with Crippen LogP contribution in [-0.2, 0) is 6.61 Å². The highest BCUT2D eigenvalue weighted by atomic mass is 79.9. The third-order valence-electron chi connectivity index (χ3n) is 2.71. The van der Waals surface area contributed by atoms with Crippen LogP contribution < -0.4 is 9.47 Å². The van der Waals surface area contributed by atoms with E-state index in [4.69, 9.17) is 21.1 Å². The fourth-order valence-electron chi connectivity index (χ4n) is 1.69. The van der Waals surface area contributed by atoms with E-state index in [0.717, 1.165) is 28.0 Å². The Kier molecular flexibility index (Phi) is 5.74. The van der Waals surface area contributed by atoms with Crippen LogP contribution in [-0.4, -0.2) is 6.61 Å². The van der Waals surface area contributed by atoms with E-state index in [9.17, 15) is 0 Å². The van der Waals surface area contributed by atoms with Gasteiger partial charge in [-0.2, -0.15) is 0 Å². The van der Waals surface area contributed by atoms with Gasteiger partial charge in [0, 0.05) is 15.1 Å². The summed E-state index contributed by atoms with van der Waals surface area (Å²) in [4.78, 5) is 0. The van der Waals surface area contributed by atoms with Crippen molar-refractivity contribution >= 4 is 27.5 Å². The zero-order valence-corrected chi connectivity index (χ0v) is 13.6. The Morgan fingerprint density at radius 2 is 1.75 bits per heavy atom. The first-order chi connectivity index (χ1) is 9.70. The average Bonchev–Trinajstić information content (AvgIpc) is 2.45. The summed E-state index contributed by atoms with van der Waals surface area (Å²) in [6, 6.07) is 13.4. The molecule has 0 aliphatic rings. The van der Waals surface area contributed by atoms with E-state index in [1.54, 1.807) is 0 Å². The zero-order valence-electron chi connectivity index (χ0n) is 11.2. The van der Waals surface area contributed by atoms with Crippen LogP contribution in [0.4, 0.5) is 0 Å². The van der Waals surface area contributed by atoms with Gasteiger partial charge in [-0.3, -0.25) is 0 Å². The third kappa shape index (κ3) is 4.15. The maximum atomic E-state index is 6.18. The molecule has 4 heteroatoms. The number of hydrogen-bond donors (Lipinski definition) is 0. The molecular formula is C16H16BrClO2. The summed E-state index contributed by atoms with van der Waals surface area (Å²) < 4.78 is 12.4. The molecule has 106 valence electrons. The maximum absolute atomic E-state index is 6.18. The topological polar surface area (TPSA) is 18.5 Å². The molecule has 0 amide bonds. The Morgan fingerprint density at radius 1 is 1.05 bits per heavy atom. The van der Waals surface area contributed by atoms with Gasteiger partial charge in [-0.05, 0) is 30.7 Å². The Bertz CT molecular complexity index is 572. The van der Waals surface area contributed by atoms with Crippen LogP contribution in [0.1, 0.15) is 18.9 Å². The van der Waals surface area contributed by atoms with E-state index in [2.05, 4.69) is 22.9 Å². The first-order valence-electron chi connectivity index (χ1n) is 6.49. The zero-order chi connectivity index (χ0) is 14.4. The molecule has 2 rings (SSSR count). The number of rotatable bonds is 6. The lowest BCUT2D eigenvalue weighted by atomic mass is 10.2. The summed E-state index contributed by atoms with van der Waals surface area (Å²) in [6.07, 6.45) is 0.965. The monoisotopic (exact) mass is 354 g/mol. The lowest BCUT2D eigenvalue weighted by Crippen LogP contribution is -2.01. The lowest BCUT2D eigenvalue weighted by molar-refractivity contribution is 0.262. The highest BCUT2D eigenvalue weighted by Gasteiger charge is 2.06. The van der Waals surface area contributed by atoms with Gasteiger partial charge in [-0.25, -0.2) is 0 Å². The molecule has 0 aromatic heterocycles. The van der Waals surface area contributed by atoms with Gasteiger partial charge in [-0.15, -0.1) is 0 Å². The molecule has 0 aliphatic carbocycles. The molecule has 0 atom stereocenters. The minimum Gasteiger partial charge on any atom is -0.490 e. The third-order valence-corrected chi connectivity index (χ3v) is 3.55. The molecule has 0 heterocycles. The maximum Gasteiger partial charge on any atom is 0.161 e. The molecule has 0 radical (unpaired) electrons. The second kappa shape index (κ2) is 7.55. The summed E-state index contributed by atoms with van der Waals surface area (Å²) in [5, 5.41) is 0.686. The second-order valence-corrected chi connectivity index (χ2v) is 5.64. The molecule has 0 N–H and O–H groups in total. The molecule has 0 unspecified atom stereocenters. The smallest absolute Gasteiger partial charge is 0.161 e. The predicted molar refractivity (Wildman–Crippen MR) is 85.7 cm³/mol. The molecular weight excluding hydrogens is 340 g/mol. The van der Waals surface area contributed by atoms with Crippen molar-refractivity contribution in [3.8, 4) is 11.5 Å². The molecule has 2 aromatic rings. The summed E-state index contributed by atoms with van der Waals surface area (Å²) in [7, 11) is 0. The first kappa shape index (κ1) is 15.2. The summed E-state index contributed by atoms with van der Waals surface area (Å²) in [5.74, 6) is 1.50. The van der Waals surface area contributed by atoms with E-state index < -0.39 is 0 Å². The largest absolute Gasteiger partial charge is 0.490 e. The van der Waals surface area contributed by atoms with E-state index in [0.29, 0.717) is 18.2 Å². The van der Waals surface area contributed by atoms with Crippen molar-refractivity contribution in [2.75, 3.05) is 6.61 Å². The number of benzene rings is 2. The molecule has 0 aliphatic heterocycles. The molecule has 0 fully saturated rings.